The van der Waals surface area contributed by atoms with Crippen LogP contribution in [0.5, 0.6) is 0 Å². The molecule has 1 fully saturated rings. The van der Waals surface area contributed by atoms with Crippen LogP contribution in [0.1, 0.15) is 12.0 Å². The third-order valence-corrected chi connectivity index (χ3v) is 4.55. The summed E-state index contributed by atoms with van der Waals surface area (Å²) in [6.07, 6.45) is 0.0822. The average molecular weight is 389 g/mol. The average Bonchev–Trinajstić information content (AvgIpc) is 2.97. The molecule has 2 N–H and O–H groups in total. The molecular weight excluding hydrogens is 373 g/mol. The first-order valence-electron chi connectivity index (χ1n) is 8.15. The maximum atomic E-state index is 13.4. The van der Waals surface area contributed by atoms with Crippen molar-refractivity contribution in [1.29, 1.82) is 5.53 Å². The van der Waals surface area contributed by atoms with Gasteiger partial charge in [0.25, 0.3) is 11.8 Å². The first-order valence-corrected chi connectivity index (χ1v) is 8.53. The second kappa shape index (κ2) is 7.65. The zero-order valence-electron chi connectivity index (χ0n) is 14.2. The summed E-state index contributed by atoms with van der Waals surface area (Å²) < 4.78 is 13.4. The maximum Gasteiger partial charge on any atom is 0.300 e. The fourth-order valence-corrected chi connectivity index (χ4v) is 3.28. The Balaban J connectivity index is 1.81. The van der Waals surface area contributed by atoms with Crippen molar-refractivity contribution in [2.75, 3.05) is 11.4 Å². The van der Waals surface area contributed by atoms with E-state index in [-0.39, 0.29) is 24.5 Å². The maximum absolute atomic E-state index is 13.4. The Hall–Kier alpha value is -3.09. The molecule has 7 nitrogen and oxygen atoms in total. The number of halogens is 2. The third-order valence-electron chi connectivity index (χ3n) is 4.34. The largest absolute Gasteiger partial charge is 0.349 e. The van der Waals surface area contributed by atoms with Gasteiger partial charge in [0.15, 0.2) is 0 Å². The van der Waals surface area contributed by atoms with Crippen molar-refractivity contribution in [3.63, 3.8) is 0 Å². The van der Waals surface area contributed by atoms with E-state index < -0.39 is 23.2 Å². The van der Waals surface area contributed by atoms with Gasteiger partial charge in [-0.3, -0.25) is 9.59 Å². The minimum absolute atomic E-state index is 0.0375. The monoisotopic (exact) mass is 388 g/mol. The molecule has 3 rings (SSSR count). The standard InChI is InChI=1S/C18H15ClFN5O2/c19-13-8-12(9-14(20)10-13)11-22-16(26)18(23-24-21)6-7-25(17(18)27)15-4-2-1-3-5-15/h1-5,8-10,21H,6-7,11H2/p+1. The van der Waals surface area contributed by atoms with Gasteiger partial charge in [-0.2, -0.15) is 0 Å². The highest BCUT2D eigenvalue weighted by atomic mass is 35.5. The predicted octanol–water partition coefficient (Wildman–Crippen LogP) is 2.82. The number of hydrogen-bond donors (Lipinski definition) is 2. The number of hydrogen-bond acceptors (Lipinski definition) is 4. The van der Waals surface area contributed by atoms with Crippen LogP contribution in [0.3, 0.4) is 0 Å². The highest BCUT2D eigenvalue weighted by Gasteiger charge is 2.58. The van der Waals surface area contributed by atoms with Gasteiger partial charge >= 0.3 is 5.54 Å². The van der Waals surface area contributed by atoms with E-state index in [9.17, 15) is 14.0 Å². The first kappa shape index (κ1) is 18.7. The van der Waals surface area contributed by atoms with Gasteiger partial charge in [-0.1, -0.05) is 29.8 Å². The summed E-state index contributed by atoms with van der Waals surface area (Å²) in [5, 5.41) is 6.42. The molecule has 1 heterocycles. The summed E-state index contributed by atoms with van der Waals surface area (Å²) in [6, 6.07) is 12.8. The number of rotatable bonds is 5. The Morgan fingerprint density at radius 1 is 1.33 bits per heavy atom. The Morgan fingerprint density at radius 2 is 2.07 bits per heavy atom. The second-order valence-corrected chi connectivity index (χ2v) is 6.50. The quantitative estimate of drug-likeness (QED) is 0.467. The highest BCUT2D eigenvalue weighted by Crippen LogP contribution is 2.31. The lowest BCUT2D eigenvalue weighted by molar-refractivity contribution is -0.134. The number of benzene rings is 2. The SMILES string of the molecule is N=[N+]=NC1(C(=O)NCc2cc(F)cc(Cl)c2)CCN(c2ccccc2)C1=O. The van der Waals surface area contributed by atoms with Crippen molar-refractivity contribution in [1.82, 2.24) is 10.2 Å². The molecule has 9 heteroatoms. The van der Waals surface area contributed by atoms with Crippen LogP contribution in [-0.4, -0.2) is 23.9 Å². The second-order valence-electron chi connectivity index (χ2n) is 6.06. The van der Waals surface area contributed by atoms with Gasteiger partial charge in [0.1, 0.15) is 16.5 Å². The van der Waals surface area contributed by atoms with Gasteiger partial charge in [-0.15, -0.1) is 0 Å². The smallest absolute Gasteiger partial charge is 0.300 e. The fraction of sp³-hybridized carbons (Fsp3) is 0.222. The van der Waals surface area contributed by atoms with Crippen LogP contribution < -0.4 is 15.1 Å². The van der Waals surface area contributed by atoms with Crippen LogP contribution in [0.15, 0.2) is 53.6 Å². The van der Waals surface area contributed by atoms with Gasteiger partial charge in [0.05, 0.1) is 0 Å². The Labute approximate surface area is 159 Å². The first-order chi connectivity index (χ1) is 13.0. The molecule has 0 aromatic heterocycles. The normalized spacial score (nSPS) is 18.9. The van der Waals surface area contributed by atoms with E-state index in [0.717, 1.165) is 6.07 Å². The molecule has 1 aliphatic heterocycles. The van der Waals surface area contributed by atoms with Gasteiger partial charge in [0.2, 0.25) is 4.91 Å². The Morgan fingerprint density at radius 3 is 2.74 bits per heavy atom. The molecule has 1 atom stereocenters. The lowest BCUT2D eigenvalue weighted by Gasteiger charge is -2.19. The summed E-state index contributed by atoms with van der Waals surface area (Å²) in [6.45, 7) is 0.227. The van der Waals surface area contributed by atoms with Crippen LogP contribution in [0.25, 0.3) is 0 Å². The summed E-state index contributed by atoms with van der Waals surface area (Å²) in [7, 11) is 0. The molecule has 138 valence electrons. The lowest BCUT2D eigenvalue weighted by Crippen LogP contribution is -2.51. The van der Waals surface area contributed by atoms with E-state index in [1.165, 1.54) is 17.0 Å². The molecule has 27 heavy (non-hydrogen) atoms. The molecule has 2 aromatic carbocycles. The third kappa shape index (κ3) is 3.72. The van der Waals surface area contributed by atoms with Crippen molar-refractivity contribution in [2.24, 2.45) is 5.11 Å². The highest BCUT2D eigenvalue weighted by molar-refractivity contribution is 6.30. The summed E-state index contributed by atoms with van der Waals surface area (Å²) >= 11 is 5.81. The lowest BCUT2D eigenvalue weighted by atomic mass is 9.97. The van der Waals surface area contributed by atoms with Crippen molar-refractivity contribution < 1.29 is 14.0 Å². The van der Waals surface area contributed by atoms with Crippen molar-refractivity contribution in [3.05, 3.63) is 64.9 Å². The summed E-state index contributed by atoms with van der Waals surface area (Å²) in [5.74, 6) is -1.78. The number of nitrogens with zero attached hydrogens (tertiary/aromatic N) is 3. The fourth-order valence-electron chi connectivity index (χ4n) is 3.04. The van der Waals surface area contributed by atoms with Crippen molar-refractivity contribution in [2.45, 2.75) is 18.5 Å². The summed E-state index contributed by atoms with van der Waals surface area (Å²) in [5.41, 5.74) is 6.30. The van der Waals surface area contributed by atoms with Crippen LogP contribution in [0.4, 0.5) is 10.1 Å². The number of anilines is 1. The number of carbonyl (C=O) groups excluding carboxylic acids is 2. The van der Waals surface area contributed by atoms with E-state index in [1.54, 1.807) is 24.3 Å². The van der Waals surface area contributed by atoms with Gasteiger partial charge in [-0.25, -0.2) is 4.39 Å². The van der Waals surface area contributed by atoms with Gasteiger partial charge in [0, 0.05) is 30.2 Å². The van der Waals surface area contributed by atoms with Crippen LogP contribution in [0.2, 0.25) is 5.02 Å². The minimum Gasteiger partial charge on any atom is -0.349 e. The molecule has 1 unspecified atom stereocenters. The van der Waals surface area contributed by atoms with E-state index >= 15 is 0 Å². The molecule has 0 aliphatic carbocycles. The van der Waals surface area contributed by atoms with E-state index in [0.29, 0.717) is 11.3 Å². The number of carbonyl (C=O) groups is 2. The van der Waals surface area contributed by atoms with Crippen LogP contribution >= 0.6 is 11.6 Å². The molecule has 0 radical (unpaired) electrons. The number of nitrogens with one attached hydrogen (secondary N) is 2. The summed E-state index contributed by atoms with van der Waals surface area (Å²) in [4.78, 5) is 30.1. The predicted molar refractivity (Wildman–Crippen MR) is 96.7 cm³/mol. The number of para-hydroxylation sites is 1. The molecule has 0 bridgehead atoms. The van der Waals surface area contributed by atoms with Gasteiger partial charge < -0.3 is 10.2 Å². The topological polar surface area (TPSA) is 99.7 Å². The molecular formula is C18H16ClFN5O2+. The van der Waals surface area contributed by atoms with E-state index in [2.05, 4.69) is 15.3 Å². The Kier molecular flexibility index (Phi) is 5.30. The molecule has 2 amide bonds. The van der Waals surface area contributed by atoms with Crippen LogP contribution in [0, 0.1) is 11.3 Å². The van der Waals surface area contributed by atoms with Gasteiger partial charge in [-0.05, 0) is 35.9 Å². The van der Waals surface area contributed by atoms with Crippen molar-refractivity contribution >= 4 is 29.1 Å². The molecule has 2 aromatic rings. The Bertz CT molecular complexity index is 912. The van der Waals surface area contributed by atoms with E-state index in [4.69, 9.17) is 17.1 Å². The number of amides is 2. The molecule has 0 spiro atoms. The minimum atomic E-state index is -1.81. The van der Waals surface area contributed by atoms with E-state index in [1.807, 2.05) is 6.07 Å². The zero-order chi connectivity index (χ0) is 19.4. The van der Waals surface area contributed by atoms with Crippen LogP contribution in [-0.2, 0) is 16.1 Å². The molecule has 1 saturated heterocycles. The molecule has 1 aliphatic rings. The zero-order valence-corrected chi connectivity index (χ0v) is 14.9. The molecule has 0 saturated carbocycles. The van der Waals surface area contributed by atoms with Crippen molar-refractivity contribution in [3.8, 4) is 0 Å².